The number of hydrazone groups is 1. The van der Waals surface area contributed by atoms with Gasteiger partial charge in [-0.05, 0) is 54.7 Å². The number of benzene rings is 1. The van der Waals surface area contributed by atoms with Gasteiger partial charge in [0.1, 0.15) is 35.4 Å². The van der Waals surface area contributed by atoms with Crippen molar-refractivity contribution in [3.63, 3.8) is 0 Å². The zero-order valence-corrected chi connectivity index (χ0v) is 18.3. The van der Waals surface area contributed by atoms with Crippen molar-refractivity contribution in [1.29, 1.82) is 0 Å². The van der Waals surface area contributed by atoms with Gasteiger partial charge in [-0.25, -0.2) is 9.80 Å². The smallest absolute Gasteiger partial charge is 0.325 e. The molecule has 4 heterocycles. The Kier molecular flexibility index (Phi) is 4.65. The highest BCUT2D eigenvalue weighted by atomic mass is 16.3. The molecule has 2 aliphatic heterocycles. The van der Waals surface area contributed by atoms with E-state index in [2.05, 4.69) is 10.4 Å². The topological polar surface area (TPSA) is 108 Å². The molecule has 1 fully saturated rings. The lowest BCUT2D eigenvalue weighted by Crippen LogP contribution is -2.47. The van der Waals surface area contributed by atoms with Crippen LogP contribution in [0.5, 0.6) is 0 Å². The van der Waals surface area contributed by atoms with Crippen molar-refractivity contribution < 1.29 is 23.2 Å². The van der Waals surface area contributed by atoms with Gasteiger partial charge in [-0.2, -0.15) is 5.10 Å². The van der Waals surface area contributed by atoms with E-state index in [0.29, 0.717) is 30.1 Å². The first kappa shape index (κ1) is 20.5. The predicted octanol–water partition coefficient (Wildman–Crippen LogP) is 3.33. The summed E-state index contributed by atoms with van der Waals surface area (Å²) in [6.07, 6.45) is 5.59. The van der Waals surface area contributed by atoms with Gasteiger partial charge < -0.3 is 14.2 Å². The number of urea groups is 1. The molecule has 0 bridgehead atoms. The second kappa shape index (κ2) is 7.72. The molecular formula is C25H22N4O5. The maximum atomic E-state index is 13.6. The first-order chi connectivity index (χ1) is 16.6. The van der Waals surface area contributed by atoms with E-state index < -0.39 is 36.0 Å². The minimum atomic E-state index is -1.12. The number of nitrogens with one attached hydrogen (secondary N) is 1. The lowest BCUT2D eigenvalue weighted by molar-refractivity contribution is -0.140. The van der Waals surface area contributed by atoms with Gasteiger partial charge in [0.05, 0.1) is 12.5 Å². The summed E-state index contributed by atoms with van der Waals surface area (Å²) in [5, 5.41) is 8.65. The fourth-order valence-electron chi connectivity index (χ4n) is 5.20. The highest BCUT2D eigenvalue weighted by molar-refractivity contribution is 6.10. The van der Waals surface area contributed by atoms with Gasteiger partial charge in [0.2, 0.25) is 0 Å². The van der Waals surface area contributed by atoms with Crippen LogP contribution in [0.1, 0.15) is 48.0 Å². The van der Waals surface area contributed by atoms with Crippen LogP contribution in [0.2, 0.25) is 0 Å². The quantitative estimate of drug-likeness (QED) is 0.604. The molecule has 6 rings (SSSR count). The minimum absolute atomic E-state index is 0.393. The minimum Gasteiger partial charge on any atom is -0.467 e. The third-order valence-corrected chi connectivity index (χ3v) is 6.79. The van der Waals surface area contributed by atoms with E-state index in [1.54, 1.807) is 30.5 Å². The summed E-state index contributed by atoms with van der Waals surface area (Å²) in [4.78, 5) is 40.9. The summed E-state index contributed by atoms with van der Waals surface area (Å²) in [7, 11) is 0. The Morgan fingerprint density at radius 2 is 1.91 bits per heavy atom. The Morgan fingerprint density at radius 1 is 1.09 bits per heavy atom. The fraction of sp³-hybridized carbons (Fsp3) is 0.280. The maximum absolute atomic E-state index is 13.6. The molecule has 2 aromatic heterocycles. The molecule has 172 valence electrons. The molecule has 0 radical (unpaired) electrons. The van der Waals surface area contributed by atoms with E-state index in [1.807, 2.05) is 24.3 Å². The fourth-order valence-corrected chi connectivity index (χ4v) is 5.20. The zero-order chi connectivity index (χ0) is 23.3. The van der Waals surface area contributed by atoms with E-state index >= 15 is 0 Å². The summed E-state index contributed by atoms with van der Waals surface area (Å²) in [5.74, 6) is 0.239. The first-order valence-corrected chi connectivity index (χ1v) is 11.3. The number of amides is 4. The van der Waals surface area contributed by atoms with Crippen LogP contribution in [-0.2, 0) is 21.5 Å². The van der Waals surface area contributed by atoms with E-state index in [1.165, 1.54) is 11.3 Å². The van der Waals surface area contributed by atoms with Gasteiger partial charge in [-0.3, -0.25) is 14.5 Å². The Hall–Kier alpha value is -4.14. The Morgan fingerprint density at radius 3 is 2.71 bits per heavy atom. The molecule has 9 nitrogen and oxygen atoms in total. The first-order valence-electron chi connectivity index (χ1n) is 11.3. The van der Waals surface area contributed by atoms with Crippen molar-refractivity contribution in [2.45, 2.75) is 37.3 Å². The molecule has 34 heavy (non-hydrogen) atoms. The van der Waals surface area contributed by atoms with Gasteiger partial charge in [0.25, 0.3) is 11.8 Å². The highest BCUT2D eigenvalue weighted by Gasteiger charge is 2.54. The summed E-state index contributed by atoms with van der Waals surface area (Å²) in [5.41, 5.74) is 1.32. The van der Waals surface area contributed by atoms with Crippen molar-refractivity contribution in [1.82, 2.24) is 15.2 Å². The number of carbonyl (C=O) groups excluding carboxylic acids is 3. The van der Waals surface area contributed by atoms with Crippen LogP contribution in [0, 0.1) is 0 Å². The van der Waals surface area contributed by atoms with Crippen LogP contribution in [0.3, 0.4) is 0 Å². The molecule has 4 amide bonds. The van der Waals surface area contributed by atoms with Gasteiger partial charge in [-0.15, -0.1) is 0 Å². The van der Waals surface area contributed by atoms with Gasteiger partial charge in [0, 0.05) is 6.42 Å². The Balaban J connectivity index is 1.29. The number of nitrogens with zero attached hydrogens (tertiary/aromatic N) is 3. The molecule has 3 aliphatic rings. The lowest BCUT2D eigenvalue weighted by atomic mass is 9.76. The van der Waals surface area contributed by atoms with Crippen LogP contribution in [0.4, 0.5) is 4.79 Å². The average Bonchev–Trinajstić information content (AvgIpc) is 3.64. The molecule has 1 spiro atoms. The van der Waals surface area contributed by atoms with Crippen molar-refractivity contribution in [3.8, 4) is 0 Å². The third kappa shape index (κ3) is 3.07. The van der Waals surface area contributed by atoms with Crippen molar-refractivity contribution in [2.24, 2.45) is 5.10 Å². The lowest BCUT2D eigenvalue weighted by Gasteiger charge is -2.33. The number of hydrogen-bond acceptors (Lipinski definition) is 6. The number of fused-ring (bicyclic) bond motifs is 2. The third-order valence-electron chi connectivity index (χ3n) is 6.79. The number of imide groups is 1. The van der Waals surface area contributed by atoms with Crippen LogP contribution in [-0.4, -0.2) is 40.0 Å². The van der Waals surface area contributed by atoms with Crippen LogP contribution in [0.15, 0.2) is 75.0 Å². The maximum Gasteiger partial charge on any atom is 0.325 e. The number of furan rings is 2. The standard InChI is InChI=1S/C25H22N4O5/c30-22(29-19(21-10-5-13-34-21)14-18(27-29)20-9-4-12-33-20)15-28-23(31)25(26-24(28)32)11-3-7-16-6-1-2-8-17(16)25/h1-2,4-6,8-10,12-13,19H,3,7,11,14-15H2,(H,26,32). The van der Waals surface area contributed by atoms with Gasteiger partial charge in [-0.1, -0.05) is 24.3 Å². The molecular weight excluding hydrogens is 436 g/mol. The summed E-state index contributed by atoms with van der Waals surface area (Å²) < 4.78 is 11.0. The van der Waals surface area contributed by atoms with E-state index in [4.69, 9.17) is 8.83 Å². The molecule has 0 saturated carbocycles. The second-order valence-electron chi connectivity index (χ2n) is 8.74. The molecule has 2 unspecified atom stereocenters. The molecule has 9 heteroatoms. The van der Waals surface area contributed by atoms with E-state index in [-0.39, 0.29) is 0 Å². The molecule has 1 aromatic carbocycles. The normalized spacial score (nSPS) is 23.9. The van der Waals surface area contributed by atoms with Crippen molar-refractivity contribution >= 4 is 23.6 Å². The molecule has 1 aliphatic carbocycles. The number of hydrogen-bond donors (Lipinski definition) is 1. The van der Waals surface area contributed by atoms with E-state index in [0.717, 1.165) is 28.9 Å². The average molecular weight is 458 g/mol. The molecule has 1 N–H and O–H groups in total. The van der Waals surface area contributed by atoms with Crippen LogP contribution in [0.25, 0.3) is 0 Å². The largest absolute Gasteiger partial charge is 0.467 e. The monoisotopic (exact) mass is 458 g/mol. The van der Waals surface area contributed by atoms with Crippen molar-refractivity contribution in [2.75, 3.05) is 6.54 Å². The molecule has 3 aromatic rings. The number of aryl methyl sites for hydroxylation is 1. The summed E-state index contributed by atoms with van der Waals surface area (Å²) in [6.45, 7) is -0.416. The van der Waals surface area contributed by atoms with Crippen LogP contribution >= 0.6 is 0 Å². The second-order valence-corrected chi connectivity index (χ2v) is 8.74. The SMILES string of the molecule is O=C1NC2(CCCc3ccccc32)C(=O)N1CC(=O)N1N=C(c2ccco2)CC1c1ccco1. The number of rotatable bonds is 4. The van der Waals surface area contributed by atoms with Crippen molar-refractivity contribution in [3.05, 3.63) is 83.7 Å². The zero-order valence-electron chi connectivity index (χ0n) is 18.3. The summed E-state index contributed by atoms with van der Waals surface area (Å²) >= 11 is 0. The molecule has 2 atom stereocenters. The van der Waals surface area contributed by atoms with Gasteiger partial charge in [0.15, 0.2) is 0 Å². The Labute approximate surface area is 195 Å². The van der Waals surface area contributed by atoms with Crippen LogP contribution < -0.4 is 5.32 Å². The highest BCUT2D eigenvalue weighted by Crippen LogP contribution is 2.40. The Bertz CT molecular complexity index is 1300. The molecule has 1 saturated heterocycles. The van der Waals surface area contributed by atoms with E-state index in [9.17, 15) is 14.4 Å². The van der Waals surface area contributed by atoms with Gasteiger partial charge >= 0.3 is 6.03 Å². The predicted molar refractivity (Wildman–Crippen MR) is 119 cm³/mol. The summed E-state index contributed by atoms with van der Waals surface area (Å²) in [6, 6.07) is 13.6. The number of carbonyl (C=O) groups is 3.